The molecule has 8 heteroatoms. The summed E-state index contributed by atoms with van der Waals surface area (Å²) in [6.07, 6.45) is 5.60. The Hall–Kier alpha value is -1.21. The highest BCUT2D eigenvalue weighted by Gasteiger charge is 2.33. The molecular formula is C9H17ClN6O. The van der Waals surface area contributed by atoms with Crippen molar-refractivity contribution in [1.82, 2.24) is 25.5 Å². The maximum atomic E-state index is 11.7. The fourth-order valence-electron chi connectivity index (χ4n) is 2.17. The van der Waals surface area contributed by atoms with Crippen molar-refractivity contribution in [3.8, 4) is 0 Å². The van der Waals surface area contributed by atoms with Crippen molar-refractivity contribution in [2.45, 2.75) is 37.8 Å². The number of rotatable bonds is 4. The first-order valence-corrected chi connectivity index (χ1v) is 5.46. The van der Waals surface area contributed by atoms with Gasteiger partial charge in [-0.25, -0.2) is 4.68 Å². The zero-order valence-electron chi connectivity index (χ0n) is 9.50. The van der Waals surface area contributed by atoms with Gasteiger partial charge in [0, 0.05) is 6.54 Å². The van der Waals surface area contributed by atoms with E-state index in [2.05, 4.69) is 20.8 Å². The molecule has 1 fully saturated rings. The molecule has 3 N–H and O–H groups in total. The molecule has 0 aliphatic heterocycles. The highest BCUT2D eigenvalue weighted by atomic mass is 35.5. The van der Waals surface area contributed by atoms with Gasteiger partial charge < -0.3 is 11.1 Å². The van der Waals surface area contributed by atoms with Crippen LogP contribution >= 0.6 is 12.4 Å². The van der Waals surface area contributed by atoms with E-state index in [1.807, 2.05) is 0 Å². The van der Waals surface area contributed by atoms with Crippen molar-refractivity contribution in [2.24, 2.45) is 5.73 Å². The molecule has 1 saturated carbocycles. The maximum Gasteiger partial charge on any atom is 0.242 e. The lowest BCUT2D eigenvalue weighted by atomic mass is 9.98. The van der Waals surface area contributed by atoms with Crippen molar-refractivity contribution < 1.29 is 4.79 Å². The molecule has 0 spiro atoms. The second-order valence-corrected chi connectivity index (χ2v) is 4.25. The number of carbonyl (C=O) groups excluding carboxylic acids is 1. The molecule has 7 nitrogen and oxygen atoms in total. The Morgan fingerprint density at radius 3 is 2.71 bits per heavy atom. The average Bonchev–Trinajstić information content (AvgIpc) is 2.90. The van der Waals surface area contributed by atoms with E-state index in [1.165, 1.54) is 11.0 Å². The molecule has 0 saturated heterocycles. The first-order valence-electron chi connectivity index (χ1n) is 5.46. The number of hydrogen-bond donors (Lipinski definition) is 2. The summed E-state index contributed by atoms with van der Waals surface area (Å²) in [4.78, 5) is 11.7. The van der Waals surface area contributed by atoms with Gasteiger partial charge in [-0.15, -0.1) is 17.5 Å². The zero-order chi connectivity index (χ0) is 11.4. The number of amides is 1. The number of nitrogens with two attached hydrogens (primary N) is 1. The fourth-order valence-corrected chi connectivity index (χ4v) is 2.17. The van der Waals surface area contributed by atoms with E-state index in [4.69, 9.17) is 5.73 Å². The van der Waals surface area contributed by atoms with Crippen LogP contribution in [0.1, 0.15) is 25.7 Å². The maximum absolute atomic E-state index is 11.7. The molecule has 0 aromatic carbocycles. The smallest absolute Gasteiger partial charge is 0.242 e. The monoisotopic (exact) mass is 260 g/mol. The molecule has 0 unspecified atom stereocenters. The summed E-state index contributed by atoms with van der Waals surface area (Å²) in [5.74, 6) is -0.0837. The van der Waals surface area contributed by atoms with E-state index in [9.17, 15) is 4.79 Å². The molecule has 1 aliphatic rings. The number of aromatic nitrogens is 4. The van der Waals surface area contributed by atoms with Crippen LogP contribution in [0.15, 0.2) is 6.33 Å². The van der Waals surface area contributed by atoms with Crippen LogP contribution < -0.4 is 11.1 Å². The van der Waals surface area contributed by atoms with E-state index in [-0.39, 0.29) is 30.4 Å². The lowest BCUT2D eigenvalue weighted by Gasteiger charge is -2.28. The number of tetrazole rings is 1. The molecule has 96 valence electrons. The van der Waals surface area contributed by atoms with Crippen LogP contribution in [0, 0.1) is 0 Å². The summed E-state index contributed by atoms with van der Waals surface area (Å²) in [5.41, 5.74) is 5.53. The molecule has 1 aliphatic carbocycles. The van der Waals surface area contributed by atoms with Gasteiger partial charge in [-0.3, -0.25) is 4.79 Å². The highest BCUT2D eigenvalue weighted by molar-refractivity contribution is 5.85. The van der Waals surface area contributed by atoms with Crippen LogP contribution in [-0.2, 0) is 11.3 Å². The van der Waals surface area contributed by atoms with Gasteiger partial charge in [0.05, 0.1) is 5.54 Å². The number of nitrogens with one attached hydrogen (secondary N) is 1. The normalized spacial score (nSPS) is 17.5. The van der Waals surface area contributed by atoms with Gasteiger partial charge in [0.1, 0.15) is 12.9 Å². The molecule has 0 bridgehead atoms. The van der Waals surface area contributed by atoms with Gasteiger partial charge in [0.15, 0.2) is 0 Å². The van der Waals surface area contributed by atoms with Gasteiger partial charge >= 0.3 is 0 Å². The van der Waals surface area contributed by atoms with Crippen molar-refractivity contribution >= 4 is 18.3 Å². The molecule has 0 radical (unpaired) electrons. The Morgan fingerprint density at radius 2 is 2.18 bits per heavy atom. The summed E-state index contributed by atoms with van der Waals surface area (Å²) in [7, 11) is 0. The molecule has 1 aromatic rings. The average molecular weight is 261 g/mol. The summed E-state index contributed by atoms with van der Waals surface area (Å²) in [6.45, 7) is 0.642. The number of hydrogen-bond acceptors (Lipinski definition) is 5. The summed E-state index contributed by atoms with van der Waals surface area (Å²) in [5, 5.41) is 13.6. The summed E-state index contributed by atoms with van der Waals surface area (Å²) >= 11 is 0. The van der Waals surface area contributed by atoms with Crippen LogP contribution in [0.4, 0.5) is 0 Å². The van der Waals surface area contributed by atoms with E-state index < -0.39 is 0 Å². The lowest BCUT2D eigenvalue weighted by molar-refractivity contribution is -0.123. The molecule has 1 heterocycles. The third-order valence-electron chi connectivity index (χ3n) is 3.05. The Morgan fingerprint density at radius 1 is 1.47 bits per heavy atom. The molecule has 1 aromatic heterocycles. The molecule has 2 rings (SSSR count). The second-order valence-electron chi connectivity index (χ2n) is 4.25. The minimum atomic E-state index is -0.203. The van der Waals surface area contributed by atoms with E-state index in [0.29, 0.717) is 6.54 Å². The Balaban J connectivity index is 0.00000144. The van der Waals surface area contributed by atoms with E-state index in [0.717, 1.165) is 25.7 Å². The number of halogens is 1. The van der Waals surface area contributed by atoms with Crippen molar-refractivity contribution in [1.29, 1.82) is 0 Å². The first kappa shape index (κ1) is 13.9. The van der Waals surface area contributed by atoms with Crippen LogP contribution in [-0.4, -0.2) is 38.2 Å². The first-order chi connectivity index (χ1) is 7.74. The number of nitrogens with zero attached hydrogens (tertiary/aromatic N) is 4. The van der Waals surface area contributed by atoms with Crippen LogP contribution in [0.5, 0.6) is 0 Å². The van der Waals surface area contributed by atoms with Crippen LogP contribution in [0.2, 0.25) is 0 Å². The standard InChI is InChI=1S/C9H16N6O.ClH/c10-6-9(3-1-2-4-9)12-8(16)5-15-7-11-13-14-15;/h7H,1-6,10H2,(H,12,16);1H. The van der Waals surface area contributed by atoms with Crippen molar-refractivity contribution in [3.63, 3.8) is 0 Å². The van der Waals surface area contributed by atoms with Gasteiger partial charge in [-0.1, -0.05) is 12.8 Å². The quantitative estimate of drug-likeness (QED) is 0.759. The van der Waals surface area contributed by atoms with Crippen molar-refractivity contribution in [3.05, 3.63) is 6.33 Å². The third-order valence-corrected chi connectivity index (χ3v) is 3.05. The van der Waals surface area contributed by atoms with Gasteiger partial charge in [-0.05, 0) is 23.3 Å². The minimum absolute atomic E-state index is 0. The molecule has 17 heavy (non-hydrogen) atoms. The second kappa shape index (κ2) is 5.92. The fraction of sp³-hybridized carbons (Fsp3) is 0.778. The topological polar surface area (TPSA) is 98.7 Å². The SMILES string of the molecule is Cl.NCC1(NC(=O)Cn2cnnn2)CCCC1. The van der Waals surface area contributed by atoms with Gasteiger partial charge in [-0.2, -0.15) is 0 Å². The molecule has 0 atom stereocenters. The Kier molecular flexibility index (Phi) is 4.83. The zero-order valence-corrected chi connectivity index (χ0v) is 10.3. The Bertz CT molecular complexity index is 348. The molecule has 1 amide bonds. The Labute approximate surface area is 106 Å². The molecular weight excluding hydrogens is 244 g/mol. The largest absolute Gasteiger partial charge is 0.348 e. The van der Waals surface area contributed by atoms with Crippen LogP contribution in [0.25, 0.3) is 0 Å². The summed E-state index contributed by atoms with van der Waals surface area (Å²) in [6, 6.07) is 0. The van der Waals surface area contributed by atoms with Gasteiger partial charge in [0.2, 0.25) is 5.91 Å². The number of carbonyl (C=O) groups is 1. The van der Waals surface area contributed by atoms with Gasteiger partial charge in [0.25, 0.3) is 0 Å². The van der Waals surface area contributed by atoms with E-state index in [1.54, 1.807) is 0 Å². The predicted molar refractivity (Wildman–Crippen MR) is 63.5 cm³/mol. The third kappa shape index (κ3) is 3.37. The minimum Gasteiger partial charge on any atom is -0.348 e. The van der Waals surface area contributed by atoms with Crippen LogP contribution in [0.3, 0.4) is 0 Å². The van der Waals surface area contributed by atoms with E-state index >= 15 is 0 Å². The highest BCUT2D eigenvalue weighted by Crippen LogP contribution is 2.28. The summed E-state index contributed by atoms with van der Waals surface area (Å²) < 4.78 is 1.40. The lowest BCUT2D eigenvalue weighted by Crippen LogP contribution is -2.52. The predicted octanol–water partition coefficient (Wildman–Crippen LogP) is -0.517. The van der Waals surface area contributed by atoms with Crippen molar-refractivity contribution in [2.75, 3.05) is 6.54 Å².